The van der Waals surface area contributed by atoms with Gasteiger partial charge in [0.1, 0.15) is 5.75 Å². The summed E-state index contributed by atoms with van der Waals surface area (Å²) in [4.78, 5) is 16.8. The van der Waals surface area contributed by atoms with E-state index in [1.807, 2.05) is 48.5 Å². The highest BCUT2D eigenvalue weighted by Gasteiger charge is 2.45. The monoisotopic (exact) mass is 318 g/mol. The number of aromatic nitrogens is 1. The summed E-state index contributed by atoms with van der Waals surface area (Å²) in [5.41, 5.74) is 1.95. The van der Waals surface area contributed by atoms with Gasteiger partial charge < -0.3 is 10.1 Å². The molecule has 4 nitrogen and oxygen atoms in total. The van der Waals surface area contributed by atoms with Crippen molar-refractivity contribution in [2.45, 2.75) is 12.3 Å². The summed E-state index contributed by atoms with van der Waals surface area (Å²) in [6, 6.07) is 15.7. The van der Waals surface area contributed by atoms with E-state index < -0.39 is 0 Å². The van der Waals surface area contributed by atoms with Gasteiger partial charge in [-0.1, -0.05) is 30.3 Å². The maximum Gasteiger partial charge on any atom is 0.228 e. The number of amides is 1. The molecule has 3 aromatic rings. The number of pyridine rings is 1. The summed E-state index contributed by atoms with van der Waals surface area (Å²) in [5.74, 6) is 1.15. The minimum Gasteiger partial charge on any atom is -0.496 e. The number of nitrogens with one attached hydrogen (secondary N) is 1. The molecule has 1 fully saturated rings. The molecule has 1 amide bonds. The summed E-state index contributed by atoms with van der Waals surface area (Å²) >= 11 is 0. The lowest BCUT2D eigenvalue weighted by atomic mass is 10.1. The zero-order valence-electron chi connectivity index (χ0n) is 13.4. The number of rotatable bonds is 4. The van der Waals surface area contributed by atoms with Crippen molar-refractivity contribution in [3.8, 4) is 5.75 Å². The van der Waals surface area contributed by atoms with E-state index >= 15 is 0 Å². The number of methoxy groups -OCH3 is 1. The Bertz CT molecular complexity index is 902. The fraction of sp³-hybridized carbons (Fsp3) is 0.200. The second-order valence-corrected chi connectivity index (χ2v) is 6.08. The van der Waals surface area contributed by atoms with Crippen molar-refractivity contribution >= 4 is 22.4 Å². The molecule has 24 heavy (non-hydrogen) atoms. The maximum atomic E-state index is 12.6. The lowest BCUT2D eigenvalue weighted by molar-refractivity contribution is -0.117. The number of nitrogens with zero attached hydrogens (tertiary/aromatic N) is 1. The van der Waals surface area contributed by atoms with Gasteiger partial charge in [-0.3, -0.25) is 9.78 Å². The molecule has 2 atom stereocenters. The van der Waals surface area contributed by atoms with E-state index in [9.17, 15) is 4.79 Å². The number of carbonyl (C=O) groups is 1. The molecule has 0 saturated heterocycles. The van der Waals surface area contributed by atoms with Crippen molar-refractivity contribution in [1.82, 2.24) is 4.98 Å². The maximum absolute atomic E-state index is 12.6. The average Bonchev–Trinajstić information content (AvgIpc) is 3.43. The molecule has 0 aliphatic heterocycles. The molecule has 2 aromatic carbocycles. The molecule has 1 heterocycles. The van der Waals surface area contributed by atoms with E-state index in [4.69, 9.17) is 4.74 Å². The first-order chi connectivity index (χ1) is 11.8. The zero-order valence-corrected chi connectivity index (χ0v) is 13.4. The Hall–Kier alpha value is -2.88. The molecule has 1 aromatic heterocycles. The normalized spacial score (nSPS) is 19.0. The second-order valence-electron chi connectivity index (χ2n) is 6.08. The molecule has 1 saturated carbocycles. The molecule has 0 spiro atoms. The highest BCUT2D eigenvalue weighted by atomic mass is 16.5. The first kappa shape index (κ1) is 14.7. The predicted octanol–water partition coefficient (Wildman–Crippen LogP) is 3.99. The van der Waals surface area contributed by atoms with Crippen molar-refractivity contribution < 1.29 is 9.53 Å². The zero-order chi connectivity index (χ0) is 16.5. The molecule has 1 aliphatic carbocycles. The van der Waals surface area contributed by atoms with Gasteiger partial charge in [-0.05, 0) is 36.1 Å². The number of para-hydroxylation sites is 1. The molecule has 0 unspecified atom stereocenters. The number of anilines is 1. The van der Waals surface area contributed by atoms with Gasteiger partial charge >= 0.3 is 0 Å². The third-order valence-corrected chi connectivity index (χ3v) is 4.60. The van der Waals surface area contributed by atoms with E-state index in [1.165, 1.54) is 0 Å². The summed E-state index contributed by atoms with van der Waals surface area (Å²) in [5, 5.41) is 5.11. The summed E-state index contributed by atoms with van der Waals surface area (Å²) in [6.45, 7) is 0. The van der Waals surface area contributed by atoms with Crippen molar-refractivity contribution in [1.29, 1.82) is 0 Å². The van der Waals surface area contributed by atoms with E-state index in [1.54, 1.807) is 19.5 Å². The highest BCUT2D eigenvalue weighted by molar-refractivity contribution is 6.03. The van der Waals surface area contributed by atoms with E-state index in [2.05, 4.69) is 10.3 Å². The van der Waals surface area contributed by atoms with E-state index in [0.29, 0.717) is 0 Å². The average molecular weight is 318 g/mol. The van der Waals surface area contributed by atoms with Crippen molar-refractivity contribution in [2.75, 3.05) is 12.4 Å². The SMILES string of the molecule is COc1ccccc1[C@@H]1C[C@H]1C(=O)Nc1cccc2cnccc12. The van der Waals surface area contributed by atoms with Crippen LogP contribution >= 0.6 is 0 Å². The fourth-order valence-electron chi connectivity index (χ4n) is 3.26. The Morgan fingerprint density at radius 2 is 2.04 bits per heavy atom. The molecule has 0 bridgehead atoms. The number of hydrogen-bond donors (Lipinski definition) is 1. The van der Waals surface area contributed by atoms with Crippen LogP contribution in [0.15, 0.2) is 60.9 Å². The molecule has 1 aliphatic rings. The van der Waals surface area contributed by atoms with E-state index in [-0.39, 0.29) is 17.7 Å². The quantitative estimate of drug-likeness (QED) is 0.791. The molecule has 4 rings (SSSR count). The van der Waals surface area contributed by atoms with Gasteiger partial charge in [-0.25, -0.2) is 0 Å². The number of hydrogen-bond acceptors (Lipinski definition) is 3. The minimum absolute atomic E-state index is 0.00149. The minimum atomic E-state index is -0.00149. The van der Waals surface area contributed by atoms with Gasteiger partial charge in [0.25, 0.3) is 0 Å². The molecule has 1 N–H and O–H groups in total. The Morgan fingerprint density at radius 3 is 2.92 bits per heavy atom. The number of carbonyl (C=O) groups excluding carboxylic acids is 1. The number of fused-ring (bicyclic) bond motifs is 1. The molecule has 120 valence electrons. The number of ether oxygens (including phenoxy) is 1. The second kappa shape index (κ2) is 5.96. The predicted molar refractivity (Wildman–Crippen MR) is 94.2 cm³/mol. The molecule has 0 radical (unpaired) electrons. The van der Waals surface area contributed by atoms with Gasteiger partial charge in [0.15, 0.2) is 0 Å². The fourth-order valence-corrected chi connectivity index (χ4v) is 3.26. The van der Waals surface area contributed by atoms with Crippen LogP contribution in [-0.4, -0.2) is 18.0 Å². The summed E-state index contributed by atoms with van der Waals surface area (Å²) in [6.07, 6.45) is 4.41. The third kappa shape index (κ3) is 2.60. The smallest absolute Gasteiger partial charge is 0.228 e. The number of benzene rings is 2. The van der Waals surface area contributed by atoms with Crippen molar-refractivity contribution in [3.05, 3.63) is 66.5 Å². The van der Waals surface area contributed by atoms with Crippen LogP contribution in [0.4, 0.5) is 5.69 Å². The van der Waals surface area contributed by atoms with Gasteiger partial charge in [0.05, 0.1) is 7.11 Å². The Labute approximate surface area is 140 Å². The van der Waals surface area contributed by atoms with Crippen LogP contribution in [0.5, 0.6) is 5.75 Å². The summed E-state index contributed by atoms with van der Waals surface area (Å²) < 4.78 is 5.41. The van der Waals surface area contributed by atoms with Crippen LogP contribution in [0.3, 0.4) is 0 Å². The van der Waals surface area contributed by atoms with Crippen LogP contribution in [0.1, 0.15) is 17.9 Å². The molecular weight excluding hydrogens is 300 g/mol. The lowest BCUT2D eigenvalue weighted by Crippen LogP contribution is -2.14. The van der Waals surface area contributed by atoms with Crippen molar-refractivity contribution in [2.24, 2.45) is 5.92 Å². The standard InChI is InChI=1S/C20H18N2O2/c1-24-19-8-3-2-6-15(19)16-11-17(16)20(23)22-18-7-4-5-13-12-21-10-9-14(13)18/h2-10,12,16-17H,11H2,1H3,(H,22,23)/t16-,17+/m0/s1. The highest BCUT2D eigenvalue weighted by Crippen LogP contribution is 2.50. The largest absolute Gasteiger partial charge is 0.496 e. The van der Waals surface area contributed by atoms with Gasteiger partial charge in [0.2, 0.25) is 5.91 Å². The Balaban J connectivity index is 1.54. The van der Waals surface area contributed by atoms with Gasteiger partial charge in [0, 0.05) is 34.8 Å². The lowest BCUT2D eigenvalue weighted by Gasteiger charge is -2.10. The van der Waals surface area contributed by atoms with Crippen LogP contribution in [0.25, 0.3) is 10.8 Å². The van der Waals surface area contributed by atoms with Gasteiger partial charge in [-0.15, -0.1) is 0 Å². The van der Waals surface area contributed by atoms with Gasteiger partial charge in [-0.2, -0.15) is 0 Å². The van der Waals surface area contributed by atoms with E-state index in [0.717, 1.165) is 34.2 Å². The molecule has 4 heteroatoms. The Kier molecular flexibility index (Phi) is 3.65. The first-order valence-electron chi connectivity index (χ1n) is 8.04. The van der Waals surface area contributed by atoms with Crippen LogP contribution < -0.4 is 10.1 Å². The van der Waals surface area contributed by atoms with Crippen LogP contribution in [0.2, 0.25) is 0 Å². The third-order valence-electron chi connectivity index (χ3n) is 4.60. The van der Waals surface area contributed by atoms with Crippen LogP contribution in [0, 0.1) is 5.92 Å². The topological polar surface area (TPSA) is 51.2 Å². The van der Waals surface area contributed by atoms with Crippen LogP contribution in [-0.2, 0) is 4.79 Å². The summed E-state index contributed by atoms with van der Waals surface area (Å²) in [7, 11) is 1.67. The van der Waals surface area contributed by atoms with Crippen molar-refractivity contribution in [3.63, 3.8) is 0 Å². The molecular formula is C20H18N2O2. The first-order valence-corrected chi connectivity index (χ1v) is 8.04. The Morgan fingerprint density at radius 1 is 1.17 bits per heavy atom.